The van der Waals surface area contributed by atoms with E-state index in [0.29, 0.717) is 24.7 Å². The molecule has 190 valence electrons. The molecule has 10 heteroatoms. The van der Waals surface area contributed by atoms with E-state index in [0.717, 1.165) is 17.5 Å². The Bertz CT molecular complexity index is 1360. The van der Waals surface area contributed by atoms with Gasteiger partial charge in [0, 0.05) is 42.1 Å². The number of hydrogen-bond acceptors (Lipinski definition) is 5. The second kappa shape index (κ2) is 10.2. The van der Waals surface area contributed by atoms with Gasteiger partial charge in [0.25, 0.3) is 0 Å². The average molecular weight is 548 g/mol. The van der Waals surface area contributed by atoms with E-state index in [-0.39, 0.29) is 41.8 Å². The molecular formula is C26H27ClFN3O3S2. The van der Waals surface area contributed by atoms with Crippen molar-refractivity contribution in [1.82, 2.24) is 14.1 Å². The molecule has 36 heavy (non-hydrogen) atoms. The molecule has 5 rings (SSSR count). The first-order valence-corrected chi connectivity index (χ1v) is 14.5. The second-order valence-corrected chi connectivity index (χ2v) is 12.6. The van der Waals surface area contributed by atoms with Crippen LogP contribution in [0, 0.1) is 5.82 Å². The molecule has 3 aromatic rings. The van der Waals surface area contributed by atoms with Crippen molar-refractivity contribution in [3.05, 3.63) is 86.8 Å². The van der Waals surface area contributed by atoms with E-state index >= 15 is 0 Å². The number of thiophene rings is 1. The van der Waals surface area contributed by atoms with Gasteiger partial charge >= 0.3 is 0 Å². The lowest BCUT2D eigenvalue weighted by Crippen LogP contribution is -2.57. The van der Waals surface area contributed by atoms with Crippen LogP contribution in [0.25, 0.3) is 0 Å². The third kappa shape index (κ3) is 4.95. The average Bonchev–Trinajstić information content (AvgIpc) is 3.33. The van der Waals surface area contributed by atoms with Crippen molar-refractivity contribution < 1.29 is 17.6 Å². The van der Waals surface area contributed by atoms with E-state index in [1.54, 1.807) is 34.4 Å². The zero-order valence-electron chi connectivity index (χ0n) is 19.8. The number of fused-ring (bicyclic) bond motifs is 1. The van der Waals surface area contributed by atoms with Gasteiger partial charge in [-0.1, -0.05) is 23.7 Å². The normalized spacial score (nSPS) is 21.4. The largest absolute Gasteiger partial charge is 0.339 e. The molecule has 0 unspecified atom stereocenters. The number of hydrogen-bond donors (Lipinski definition) is 0. The van der Waals surface area contributed by atoms with Gasteiger partial charge in [-0.2, -0.15) is 4.31 Å². The number of piperazine rings is 1. The lowest BCUT2D eigenvalue weighted by atomic mass is 9.93. The van der Waals surface area contributed by atoms with Crippen molar-refractivity contribution in [3.8, 4) is 0 Å². The molecule has 0 N–H and O–H groups in total. The molecule has 2 atom stereocenters. The van der Waals surface area contributed by atoms with E-state index in [4.69, 9.17) is 11.6 Å². The number of sulfonamides is 1. The molecule has 0 aliphatic carbocycles. The van der Waals surface area contributed by atoms with Crippen LogP contribution in [0.3, 0.4) is 0 Å². The number of amides is 1. The van der Waals surface area contributed by atoms with Gasteiger partial charge in [-0.3, -0.25) is 9.69 Å². The summed E-state index contributed by atoms with van der Waals surface area (Å²) < 4.78 is 41.8. The Hall–Kier alpha value is -2.30. The van der Waals surface area contributed by atoms with E-state index in [9.17, 15) is 17.6 Å². The van der Waals surface area contributed by atoms with Gasteiger partial charge in [-0.05, 0) is 72.3 Å². The number of carbonyl (C=O) groups is 1. The summed E-state index contributed by atoms with van der Waals surface area (Å²) in [7, 11) is -3.69. The summed E-state index contributed by atoms with van der Waals surface area (Å²) in [4.78, 5) is 18.7. The maximum atomic E-state index is 14.1. The zero-order valence-corrected chi connectivity index (χ0v) is 22.2. The molecule has 1 aromatic heterocycles. The van der Waals surface area contributed by atoms with Crippen LogP contribution in [0.1, 0.15) is 29.0 Å². The van der Waals surface area contributed by atoms with Crippen LogP contribution in [0.5, 0.6) is 0 Å². The Labute approximate surface area is 219 Å². The van der Waals surface area contributed by atoms with Gasteiger partial charge in [-0.25, -0.2) is 12.8 Å². The minimum absolute atomic E-state index is 0.0505. The fourth-order valence-corrected chi connectivity index (χ4v) is 7.79. The first kappa shape index (κ1) is 25.4. The van der Waals surface area contributed by atoms with Gasteiger partial charge in [0.05, 0.1) is 17.5 Å². The molecule has 0 bridgehead atoms. The Balaban J connectivity index is 1.30. The smallest absolute Gasteiger partial charge is 0.243 e. The quantitative estimate of drug-likeness (QED) is 0.475. The number of rotatable bonds is 5. The molecule has 2 aromatic carbocycles. The second-order valence-electron chi connectivity index (χ2n) is 9.24. The highest BCUT2D eigenvalue weighted by atomic mass is 35.5. The van der Waals surface area contributed by atoms with Crippen molar-refractivity contribution >= 4 is 38.9 Å². The monoisotopic (exact) mass is 547 g/mol. The number of nitrogens with zero attached hydrogens (tertiary/aromatic N) is 3. The number of halogens is 2. The fraction of sp³-hybridized carbons (Fsp3) is 0.346. The van der Waals surface area contributed by atoms with Gasteiger partial charge < -0.3 is 4.90 Å². The first-order valence-electron chi connectivity index (χ1n) is 11.8. The molecule has 1 fully saturated rings. The van der Waals surface area contributed by atoms with Crippen LogP contribution in [0.4, 0.5) is 4.39 Å². The molecule has 0 saturated carbocycles. The Morgan fingerprint density at radius 3 is 2.61 bits per heavy atom. The third-order valence-electron chi connectivity index (χ3n) is 6.91. The van der Waals surface area contributed by atoms with Crippen LogP contribution in [0.2, 0.25) is 5.02 Å². The number of carbonyl (C=O) groups excluding carboxylic acids is 1. The maximum Gasteiger partial charge on any atom is 0.243 e. The highest BCUT2D eigenvalue weighted by molar-refractivity contribution is 7.89. The lowest BCUT2D eigenvalue weighted by Gasteiger charge is -2.41. The van der Waals surface area contributed by atoms with Crippen molar-refractivity contribution in [2.75, 3.05) is 32.7 Å². The van der Waals surface area contributed by atoms with Crippen LogP contribution in [0.15, 0.2) is 64.9 Å². The van der Waals surface area contributed by atoms with Crippen molar-refractivity contribution in [2.45, 2.75) is 30.3 Å². The zero-order chi connectivity index (χ0) is 25.4. The molecule has 2 aliphatic rings. The molecule has 6 nitrogen and oxygen atoms in total. The molecule has 2 aliphatic heterocycles. The topological polar surface area (TPSA) is 60.9 Å². The summed E-state index contributed by atoms with van der Waals surface area (Å²) in [6.45, 7) is 3.56. The van der Waals surface area contributed by atoms with Gasteiger partial charge in [0.2, 0.25) is 15.9 Å². The Kier molecular flexibility index (Phi) is 7.20. The Morgan fingerprint density at radius 2 is 1.89 bits per heavy atom. The van der Waals surface area contributed by atoms with Crippen molar-refractivity contribution in [3.63, 3.8) is 0 Å². The highest BCUT2D eigenvalue weighted by Crippen LogP contribution is 2.38. The summed E-state index contributed by atoms with van der Waals surface area (Å²) >= 11 is 7.61. The predicted octanol–water partition coefficient (Wildman–Crippen LogP) is 4.41. The van der Waals surface area contributed by atoms with Gasteiger partial charge in [0.15, 0.2) is 0 Å². The van der Waals surface area contributed by atoms with E-state index < -0.39 is 10.0 Å². The molecular weight excluding hydrogens is 521 g/mol. The lowest BCUT2D eigenvalue weighted by molar-refractivity contribution is -0.135. The summed E-state index contributed by atoms with van der Waals surface area (Å²) in [6, 6.07) is 14.2. The molecule has 3 heterocycles. The molecule has 1 amide bonds. The third-order valence-corrected chi connectivity index (χ3v) is 10.2. The van der Waals surface area contributed by atoms with Crippen LogP contribution >= 0.6 is 22.9 Å². The molecule has 1 saturated heterocycles. The summed E-state index contributed by atoms with van der Waals surface area (Å²) in [5.74, 6) is -0.349. The highest BCUT2D eigenvalue weighted by Gasteiger charge is 2.37. The number of benzene rings is 2. The fourth-order valence-electron chi connectivity index (χ4n) is 5.15. The summed E-state index contributed by atoms with van der Waals surface area (Å²) in [5, 5.41) is 2.52. The SMILES string of the molecule is C[C@H]1CN(C(=O)CN2CCc3sccc3[C@H]2c2cccc(F)c2)CCN1S(=O)(=O)c1ccc(Cl)cc1. The standard InChI is InChI=1S/C26H27ClFN3O3S2/c1-18-16-29(12-13-31(18)36(33,34)22-7-5-20(27)6-8-22)25(32)17-30-11-9-24-23(10-14-35-24)26(30)19-3-2-4-21(28)15-19/h2-8,10,14-15,18,26H,9,11-13,16-17H2,1H3/t18-,26+/m0/s1. The van der Waals surface area contributed by atoms with Crippen LogP contribution in [-0.4, -0.2) is 67.2 Å². The van der Waals surface area contributed by atoms with Gasteiger partial charge in [-0.15, -0.1) is 11.3 Å². The van der Waals surface area contributed by atoms with Crippen LogP contribution in [-0.2, 0) is 21.2 Å². The van der Waals surface area contributed by atoms with E-state index in [2.05, 4.69) is 11.0 Å². The van der Waals surface area contributed by atoms with Gasteiger partial charge in [0.1, 0.15) is 5.82 Å². The maximum absolute atomic E-state index is 14.1. The van der Waals surface area contributed by atoms with E-state index in [1.807, 2.05) is 18.4 Å². The summed E-state index contributed by atoms with van der Waals surface area (Å²) in [6.07, 6.45) is 0.843. The minimum atomic E-state index is -3.69. The molecule has 0 radical (unpaired) electrons. The minimum Gasteiger partial charge on any atom is -0.339 e. The van der Waals surface area contributed by atoms with Crippen molar-refractivity contribution in [1.29, 1.82) is 0 Å². The van der Waals surface area contributed by atoms with Crippen molar-refractivity contribution in [2.24, 2.45) is 0 Å². The van der Waals surface area contributed by atoms with Crippen LogP contribution < -0.4 is 0 Å². The predicted molar refractivity (Wildman–Crippen MR) is 139 cm³/mol. The summed E-state index contributed by atoms with van der Waals surface area (Å²) in [5.41, 5.74) is 1.95. The molecule has 0 spiro atoms. The first-order chi connectivity index (χ1) is 17.2. The Morgan fingerprint density at radius 1 is 1.11 bits per heavy atom. The van der Waals surface area contributed by atoms with E-state index in [1.165, 1.54) is 33.4 Å².